The molecule has 7 heteroatoms. The lowest BCUT2D eigenvalue weighted by atomic mass is 10.5. The van der Waals surface area contributed by atoms with E-state index in [0.29, 0.717) is 0 Å². The first-order valence-corrected chi connectivity index (χ1v) is 5.62. The zero-order chi connectivity index (χ0) is 11.2. The molecule has 0 spiro atoms. The van der Waals surface area contributed by atoms with E-state index in [2.05, 4.69) is 13.8 Å². The van der Waals surface area contributed by atoms with Crippen molar-refractivity contribution in [2.75, 3.05) is 27.0 Å². The lowest BCUT2D eigenvalue weighted by molar-refractivity contribution is -0.152. The van der Waals surface area contributed by atoms with Crippen molar-refractivity contribution < 1.29 is 27.9 Å². The average molecular weight is 224 g/mol. The number of Topliss-reactive ketones (excluding diaryl/α,β-unsaturated/α-hetero) is 1. The Kier molecular flexibility index (Phi) is 5.60. The summed E-state index contributed by atoms with van der Waals surface area (Å²) in [6.45, 7) is 1.66. The quantitative estimate of drug-likeness (QED) is 0.373. The first kappa shape index (κ1) is 13.3. The van der Waals surface area contributed by atoms with Gasteiger partial charge in [0.05, 0.1) is 6.61 Å². The number of esters is 1. The van der Waals surface area contributed by atoms with Gasteiger partial charge in [0.25, 0.3) is 5.78 Å². The van der Waals surface area contributed by atoms with E-state index in [1.54, 1.807) is 6.92 Å². The minimum absolute atomic E-state index is 0.0921. The van der Waals surface area contributed by atoms with E-state index in [-0.39, 0.29) is 6.61 Å². The van der Waals surface area contributed by atoms with Crippen molar-refractivity contribution in [1.82, 2.24) is 0 Å². The minimum atomic E-state index is -3.47. The molecule has 0 fully saturated rings. The van der Waals surface area contributed by atoms with Gasteiger partial charge in [0.15, 0.2) is 0 Å². The van der Waals surface area contributed by atoms with Gasteiger partial charge in [-0.15, -0.1) is 0 Å². The molecular weight excluding hydrogens is 211 g/mol. The third kappa shape index (κ3) is 4.00. The molecule has 0 saturated carbocycles. The molecule has 0 aliphatic heterocycles. The second kappa shape index (κ2) is 5.90. The molecule has 14 heavy (non-hydrogen) atoms. The number of carbonyl (C=O) groups excluding carboxylic acids is 2. The molecule has 0 aliphatic carbocycles. The number of rotatable bonds is 6. The molecule has 0 radical (unpaired) electrons. The highest BCUT2D eigenvalue weighted by atomic mass is 31.2. The maximum absolute atomic E-state index is 11.4. The van der Waals surface area contributed by atoms with Gasteiger partial charge < -0.3 is 13.8 Å². The number of carbonyl (C=O) groups is 2. The van der Waals surface area contributed by atoms with Gasteiger partial charge >= 0.3 is 13.6 Å². The van der Waals surface area contributed by atoms with Gasteiger partial charge in [0.1, 0.15) is 6.16 Å². The van der Waals surface area contributed by atoms with Crippen LogP contribution in [0.2, 0.25) is 0 Å². The number of ether oxygens (including phenoxy) is 1. The Bertz CT molecular complexity index is 253. The topological polar surface area (TPSA) is 78.9 Å². The molecule has 0 rings (SSSR count). The summed E-state index contributed by atoms with van der Waals surface area (Å²) in [5.41, 5.74) is 0. The Balaban J connectivity index is 4.31. The van der Waals surface area contributed by atoms with Crippen LogP contribution >= 0.6 is 7.60 Å². The van der Waals surface area contributed by atoms with E-state index in [1.807, 2.05) is 0 Å². The van der Waals surface area contributed by atoms with Crippen molar-refractivity contribution in [2.24, 2.45) is 0 Å². The molecule has 6 nitrogen and oxygen atoms in total. The number of hydrogen-bond donors (Lipinski definition) is 0. The van der Waals surface area contributed by atoms with Crippen LogP contribution in [0.15, 0.2) is 0 Å². The van der Waals surface area contributed by atoms with Crippen LogP contribution in [0.3, 0.4) is 0 Å². The Morgan fingerprint density at radius 2 is 1.71 bits per heavy atom. The van der Waals surface area contributed by atoms with E-state index in [0.717, 1.165) is 14.2 Å². The van der Waals surface area contributed by atoms with Gasteiger partial charge in [-0.2, -0.15) is 0 Å². The highest BCUT2D eigenvalue weighted by molar-refractivity contribution is 7.55. The van der Waals surface area contributed by atoms with Crippen LogP contribution < -0.4 is 0 Å². The lowest BCUT2D eigenvalue weighted by Gasteiger charge is -2.11. The molecule has 0 saturated heterocycles. The normalized spacial score (nSPS) is 11.1. The zero-order valence-electron chi connectivity index (χ0n) is 8.31. The summed E-state index contributed by atoms with van der Waals surface area (Å²) in [6.07, 6.45) is -0.598. The van der Waals surface area contributed by atoms with E-state index >= 15 is 0 Å². The highest BCUT2D eigenvalue weighted by Gasteiger charge is 2.29. The second-order valence-electron chi connectivity index (χ2n) is 2.28. The van der Waals surface area contributed by atoms with Gasteiger partial charge in [-0.3, -0.25) is 9.36 Å². The summed E-state index contributed by atoms with van der Waals surface area (Å²) in [5.74, 6) is -1.94. The summed E-state index contributed by atoms with van der Waals surface area (Å²) in [5, 5.41) is 0. The number of ketones is 1. The second-order valence-corrected chi connectivity index (χ2v) is 4.55. The fourth-order valence-electron chi connectivity index (χ4n) is 0.656. The van der Waals surface area contributed by atoms with Gasteiger partial charge in [0, 0.05) is 14.2 Å². The van der Waals surface area contributed by atoms with Gasteiger partial charge in [-0.05, 0) is 6.92 Å². The maximum Gasteiger partial charge on any atom is 0.375 e. The van der Waals surface area contributed by atoms with E-state index < -0.39 is 25.5 Å². The fourth-order valence-corrected chi connectivity index (χ4v) is 1.54. The van der Waals surface area contributed by atoms with Crippen LogP contribution in [0.25, 0.3) is 0 Å². The molecular formula is C7H13O6P. The summed E-state index contributed by atoms with van der Waals surface area (Å²) in [7, 11) is -1.18. The summed E-state index contributed by atoms with van der Waals surface area (Å²) in [6, 6.07) is 0. The van der Waals surface area contributed by atoms with E-state index in [4.69, 9.17) is 0 Å². The first-order valence-electron chi connectivity index (χ1n) is 3.89. The van der Waals surface area contributed by atoms with Crippen molar-refractivity contribution in [1.29, 1.82) is 0 Å². The third-order valence-corrected chi connectivity index (χ3v) is 3.18. The molecule has 0 aromatic carbocycles. The molecule has 0 aromatic rings. The molecule has 0 heterocycles. The molecule has 0 amide bonds. The maximum atomic E-state index is 11.4. The SMILES string of the molecule is CCOC(=O)C(=O)CP(=O)(OC)OC. The predicted molar refractivity (Wildman–Crippen MR) is 48.1 cm³/mol. The average Bonchev–Trinajstić information content (AvgIpc) is 2.18. The van der Waals surface area contributed by atoms with Crippen molar-refractivity contribution in [3.63, 3.8) is 0 Å². The smallest absolute Gasteiger partial charge is 0.375 e. The summed E-state index contributed by atoms with van der Waals surface area (Å²) in [4.78, 5) is 21.9. The van der Waals surface area contributed by atoms with E-state index in [9.17, 15) is 14.2 Å². The number of hydrogen-bond acceptors (Lipinski definition) is 6. The van der Waals surface area contributed by atoms with Crippen molar-refractivity contribution in [3.8, 4) is 0 Å². The minimum Gasteiger partial charge on any atom is -0.460 e. The highest BCUT2D eigenvalue weighted by Crippen LogP contribution is 2.45. The Hall–Kier alpha value is -0.710. The summed E-state index contributed by atoms with van der Waals surface area (Å²) < 4.78 is 24.8. The van der Waals surface area contributed by atoms with Crippen molar-refractivity contribution in [2.45, 2.75) is 6.92 Å². The van der Waals surface area contributed by atoms with Crippen molar-refractivity contribution >= 4 is 19.3 Å². The predicted octanol–water partition coefficient (Wildman–Crippen LogP) is 0.604. The largest absolute Gasteiger partial charge is 0.460 e. The lowest BCUT2D eigenvalue weighted by Crippen LogP contribution is -2.21. The van der Waals surface area contributed by atoms with Crippen molar-refractivity contribution in [3.05, 3.63) is 0 Å². The van der Waals surface area contributed by atoms with Gasteiger partial charge in [-0.25, -0.2) is 4.79 Å². The molecule has 0 unspecified atom stereocenters. The fraction of sp³-hybridized carbons (Fsp3) is 0.714. The summed E-state index contributed by atoms with van der Waals surface area (Å²) >= 11 is 0. The molecule has 0 N–H and O–H groups in total. The Labute approximate surface area is 82.1 Å². The first-order chi connectivity index (χ1) is 6.49. The molecule has 0 aliphatic rings. The molecule has 0 atom stereocenters. The van der Waals surface area contributed by atoms with Crippen LogP contribution in [-0.2, 0) is 27.9 Å². The monoisotopic (exact) mass is 224 g/mol. The van der Waals surface area contributed by atoms with Crippen LogP contribution in [0.1, 0.15) is 6.92 Å². The zero-order valence-corrected chi connectivity index (χ0v) is 9.21. The van der Waals surface area contributed by atoms with Crippen LogP contribution in [0.5, 0.6) is 0 Å². The van der Waals surface area contributed by atoms with Crippen LogP contribution in [0.4, 0.5) is 0 Å². The van der Waals surface area contributed by atoms with Crippen LogP contribution in [-0.4, -0.2) is 38.7 Å². The van der Waals surface area contributed by atoms with Gasteiger partial charge in [-0.1, -0.05) is 0 Å². The molecule has 0 aromatic heterocycles. The van der Waals surface area contributed by atoms with Crippen LogP contribution in [0, 0.1) is 0 Å². The third-order valence-electron chi connectivity index (χ3n) is 1.40. The van der Waals surface area contributed by atoms with Gasteiger partial charge in [0.2, 0.25) is 0 Å². The standard InChI is InChI=1S/C7H13O6P/c1-4-13-7(9)6(8)5-14(10,11-2)12-3/h4-5H2,1-3H3. The molecule has 82 valence electrons. The molecule has 0 bridgehead atoms. The van der Waals surface area contributed by atoms with E-state index in [1.165, 1.54) is 0 Å². The Morgan fingerprint density at radius 1 is 1.21 bits per heavy atom. The Morgan fingerprint density at radius 3 is 2.07 bits per heavy atom.